The third-order valence-electron chi connectivity index (χ3n) is 26.2. The van der Waals surface area contributed by atoms with Gasteiger partial charge in [0.25, 0.3) is 20.1 Å². The summed E-state index contributed by atoms with van der Waals surface area (Å²) in [5, 5.41) is 8.58. The average Bonchev–Trinajstić information content (AvgIpc) is 1.02. The summed E-state index contributed by atoms with van der Waals surface area (Å²) in [6, 6.07) is 131. The van der Waals surface area contributed by atoms with Crippen LogP contribution in [0, 0.1) is 20.8 Å². The van der Waals surface area contributed by atoms with Crippen LogP contribution in [0.2, 0.25) is 0 Å². The molecule has 126 heavy (non-hydrogen) atoms. The molecule has 0 saturated heterocycles. The number of nitrogens with zero attached hydrogens (tertiary/aromatic N) is 6. The number of hydrogen-bond acceptors (Lipinski definition) is 12. The van der Waals surface area contributed by atoms with Crippen LogP contribution < -0.4 is 67.8 Å². The van der Waals surface area contributed by atoms with E-state index in [9.17, 15) is 0 Å². The van der Waals surface area contributed by atoms with Gasteiger partial charge >= 0.3 is 0 Å². The SMILES string of the molecule is Cc1cc2c3c(c1)N(c1ccccc1)c1cc4scc(-c5ccccc5)c4cc1B3C1=C(CCO1)N2c1ccccc1.Cc1cc2c3c(c1)N(c1ccccc1)c1cc4scc(-c5ccccc5)c4cc1B3C1=C(CCS1)N2c1ccccc1.Cc1cc2c3c(c1)N(c1ccccc1)c1ccoc1B3c1cc3cc(-c4ccccc4)sc3cc1N2c1ccccc1. The van der Waals surface area contributed by atoms with Crippen LogP contribution in [-0.2, 0) is 4.74 Å². The number of furan rings is 1. The number of fused-ring (bicyclic) bond motifs is 13. The largest absolute Gasteiger partial charge is 0.505 e. The molecule has 0 fully saturated rings. The van der Waals surface area contributed by atoms with Crippen molar-refractivity contribution in [1.82, 2.24) is 0 Å². The first kappa shape index (κ1) is 74.7. The smallest absolute Gasteiger partial charge is 0.297 e. The van der Waals surface area contributed by atoms with Crippen LogP contribution in [-0.4, -0.2) is 32.5 Å². The molecule has 598 valence electrons. The van der Waals surface area contributed by atoms with Gasteiger partial charge in [-0.05, 0) is 265 Å². The van der Waals surface area contributed by atoms with E-state index < -0.39 is 0 Å². The quantitative estimate of drug-likeness (QED) is 0.132. The predicted molar refractivity (Wildman–Crippen MR) is 541 cm³/mol. The molecule has 0 bridgehead atoms. The molecule has 0 spiro atoms. The number of hydrogen-bond donors (Lipinski definition) is 0. The lowest BCUT2D eigenvalue weighted by Crippen LogP contribution is -2.61. The summed E-state index contributed by atoms with van der Waals surface area (Å²) in [5.74, 6) is 1.13. The lowest BCUT2D eigenvalue weighted by atomic mass is 9.35. The number of thiophene rings is 3. The Bertz CT molecular complexity index is 7320. The highest BCUT2D eigenvalue weighted by Gasteiger charge is 2.51. The van der Waals surface area contributed by atoms with Gasteiger partial charge in [-0.3, -0.25) is 0 Å². The van der Waals surface area contributed by atoms with Gasteiger partial charge in [-0.1, -0.05) is 218 Å². The second kappa shape index (κ2) is 30.2. The molecule has 0 saturated carbocycles. The van der Waals surface area contributed by atoms with Gasteiger partial charge in [-0.15, -0.1) is 45.8 Å². The van der Waals surface area contributed by atoms with Crippen LogP contribution in [0.3, 0.4) is 0 Å². The molecule has 15 aromatic carbocycles. The number of thioether (sulfide) groups is 1. The van der Waals surface area contributed by atoms with Crippen LogP contribution in [0.15, 0.2) is 401 Å². The second-order valence-corrected chi connectivity index (χ2v) is 37.8. The van der Waals surface area contributed by atoms with Gasteiger partial charge in [0, 0.05) is 133 Å². The molecule has 0 amide bonds. The molecule has 27 rings (SSSR count). The summed E-state index contributed by atoms with van der Waals surface area (Å²) in [5.41, 5.74) is 42.5. The molecule has 8 aliphatic rings. The molecule has 0 aliphatic carbocycles. The lowest BCUT2D eigenvalue weighted by molar-refractivity contribution is 0.266. The van der Waals surface area contributed by atoms with E-state index in [-0.39, 0.29) is 20.1 Å². The summed E-state index contributed by atoms with van der Waals surface area (Å²) in [6.07, 6.45) is 3.83. The number of ether oxygens (including phenoxy) is 1. The summed E-state index contributed by atoms with van der Waals surface area (Å²) in [7, 11) is 0. The van der Waals surface area contributed by atoms with Crippen LogP contribution >= 0.6 is 45.8 Å². The van der Waals surface area contributed by atoms with Crippen LogP contribution in [0.1, 0.15) is 29.5 Å². The third kappa shape index (κ3) is 12.0. The topological polar surface area (TPSA) is 41.8 Å². The summed E-state index contributed by atoms with van der Waals surface area (Å²) >= 11 is 7.60. The fourth-order valence-corrected chi connectivity index (χ4v) is 25.4. The van der Waals surface area contributed by atoms with Gasteiger partial charge in [0.1, 0.15) is 0 Å². The van der Waals surface area contributed by atoms with Crippen LogP contribution in [0.5, 0.6) is 0 Å². The standard InChI is InChI=1S/C37H25BN2OS.C37H27BN2OS.C37H27BN2S2/c1-24-19-32-36-33(20-24)40(28-15-9-4-10-16-28)31-23-35-26(22-34(42-35)25-11-5-2-6-12-25)21-29(31)38(36)37-30(17-18-41-37)39(32)27-13-7-3-8-14-27;2*1-24-19-33-36-34(20-24)40(27-15-9-4-10-16-27)32-22-35-28(29(23-42-35)25-11-5-2-6-12-25)21-30(32)38(36)37-31(17-18-41-37)39(33)26-13-7-3-8-14-26/h2-23H,1H3;2*2-16,19-23H,17-18H2,1H3. The van der Waals surface area contributed by atoms with Crippen molar-refractivity contribution >= 4 is 226 Å². The molecule has 0 N–H and O–H groups in total. The Labute approximate surface area is 750 Å². The lowest BCUT2D eigenvalue weighted by Gasteiger charge is -2.44. The van der Waals surface area contributed by atoms with E-state index in [1.165, 1.54) is 203 Å². The molecule has 8 nitrogen and oxygen atoms in total. The fraction of sp³-hybridized carbons (Fsp3) is 0.0631. The Kier molecular flexibility index (Phi) is 17.9. The number of rotatable bonds is 9. The minimum atomic E-state index is -0.0139. The van der Waals surface area contributed by atoms with E-state index in [2.05, 4.69) is 431 Å². The number of para-hydroxylation sites is 6. The molecular formula is C111H79B3N6O2S4. The maximum absolute atomic E-state index is 6.62. The summed E-state index contributed by atoms with van der Waals surface area (Å²) < 4.78 is 16.9. The Hall–Kier alpha value is -13.9. The minimum absolute atomic E-state index is 0.0139. The van der Waals surface area contributed by atoms with Crippen molar-refractivity contribution in [3.63, 3.8) is 0 Å². The van der Waals surface area contributed by atoms with Crippen molar-refractivity contribution in [1.29, 1.82) is 0 Å². The molecule has 12 heterocycles. The third-order valence-corrected chi connectivity index (χ3v) is 30.5. The maximum atomic E-state index is 6.62. The molecular weight excluding hydrogens is 1610 g/mol. The highest BCUT2D eigenvalue weighted by atomic mass is 32.2. The first-order valence-corrected chi connectivity index (χ1v) is 47.0. The Balaban J connectivity index is 0.000000103. The first-order valence-electron chi connectivity index (χ1n) is 43.4. The Morgan fingerprint density at radius 3 is 1.13 bits per heavy atom. The van der Waals surface area contributed by atoms with Crippen molar-refractivity contribution in [3.05, 3.63) is 413 Å². The predicted octanol–water partition coefficient (Wildman–Crippen LogP) is 26.5. The van der Waals surface area contributed by atoms with Crippen LogP contribution in [0.4, 0.5) is 91.0 Å². The first-order chi connectivity index (χ1) is 62.3. The highest BCUT2D eigenvalue weighted by molar-refractivity contribution is 8.05. The normalized spacial score (nSPS) is 14.5. The zero-order valence-corrected chi connectivity index (χ0v) is 72.8. The summed E-state index contributed by atoms with van der Waals surface area (Å²) in [6.45, 7) is 7.62. The van der Waals surface area contributed by atoms with E-state index in [1.807, 2.05) is 40.3 Å². The number of benzene rings is 15. The molecule has 0 atom stereocenters. The van der Waals surface area contributed by atoms with Crippen molar-refractivity contribution in [2.24, 2.45) is 0 Å². The monoisotopic (exact) mass is 1690 g/mol. The van der Waals surface area contributed by atoms with E-state index in [0.717, 1.165) is 47.0 Å². The zero-order chi connectivity index (χ0) is 83.4. The highest BCUT2D eigenvalue weighted by Crippen LogP contribution is 2.55. The van der Waals surface area contributed by atoms with Gasteiger partial charge in [0.2, 0.25) is 0 Å². The fourth-order valence-electron chi connectivity index (χ4n) is 21.1. The molecule has 4 aromatic heterocycles. The second-order valence-electron chi connectivity index (χ2n) is 33.7. The Morgan fingerprint density at radius 1 is 0.310 bits per heavy atom. The van der Waals surface area contributed by atoms with E-state index in [4.69, 9.17) is 9.15 Å². The van der Waals surface area contributed by atoms with Gasteiger partial charge < -0.3 is 38.6 Å². The maximum Gasteiger partial charge on any atom is 0.297 e. The number of aryl methyl sites for hydroxylation is 3. The number of allylic oxidation sites excluding steroid dienone is 1. The van der Waals surface area contributed by atoms with E-state index in [1.54, 1.807) is 0 Å². The van der Waals surface area contributed by atoms with E-state index in [0.29, 0.717) is 6.61 Å². The van der Waals surface area contributed by atoms with E-state index >= 15 is 0 Å². The van der Waals surface area contributed by atoms with Crippen molar-refractivity contribution in [3.8, 4) is 32.7 Å². The van der Waals surface area contributed by atoms with Crippen molar-refractivity contribution in [2.75, 3.05) is 41.8 Å². The van der Waals surface area contributed by atoms with Gasteiger partial charge in [0.15, 0.2) is 0 Å². The van der Waals surface area contributed by atoms with Gasteiger partial charge in [0.05, 0.1) is 35.6 Å². The van der Waals surface area contributed by atoms with Crippen LogP contribution in [0.25, 0.3) is 63.0 Å². The average molecular weight is 1690 g/mol. The minimum Gasteiger partial charge on any atom is -0.505 e. The summed E-state index contributed by atoms with van der Waals surface area (Å²) in [4.78, 5) is 17.6. The zero-order valence-electron chi connectivity index (χ0n) is 69.5. The van der Waals surface area contributed by atoms with Gasteiger partial charge in [-0.25, -0.2) is 0 Å². The molecule has 0 unspecified atom stereocenters. The van der Waals surface area contributed by atoms with Crippen molar-refractivity contribution in [2.45, 2.75) is 33.6 Å². The molecule has 0 radical (unpaired) electrons. The molecule has 15 heteroatoms. The Morgan fingerprint density at radius 2 is 0.675 bits per heavy atom. The number of anilines is 16. The molecule has 8 aliphatic heterocycles. The molecule has 19 aromatic rings. The van der Waals surface area contributed by atoms with Crippen molar-refractivity contribution < 1.29 is 9.15 Å². The van der Waals surface area contributed by atoms with Gasteiger partial charge in [-0.2, -0.15) is 0 Å².